The van der Waals surface area contributed by atoms with Gasteiger partial charge in [-0.15, -0.1) is 24.0 Å². The highest BCUT2D eigenvalue weighted by atomic mass is 127. The molecule has 0 aliphatic carbocycles. The van der Waals surface area contributed by atoms with E-state index in [0.717, 1.165) is 51.9 Å². The standard InChI is InChI=1S/C23H39N5O.HI/c1-23(2,28-11-7-4-8-12-28)19-26-22(24-3)25-17-20-9-5-6-10-21(20)18-27-13-15-29-16-14-27;/h5-6,9-10H,4,7-8,11-19H2,1-3H3,(H2,24,25,26);1H. The van der Waals surface area contributed by atoms with E-state index < -0.39 is 0 Å². The summed E-state index contributed by atoms with van der Waals surface area (Å²) >= 11 is 0. The Morgan fingerprint density at radius 2 is 1.67 bits per heavy atom. The number of benzene rings is 1. The van der Waals surface area contributed by atoms with Gasteiger partial charge in [-0.25, -0.2) is 0 Å². The Morgan fingerprint density at radius 1 is 1.00 bits per heavy atom. The van der Waals surface area contributed by atoms with E-state index in [2.05, 4.69) is 63.5 Å². The van der Waals surface area contributed by atoms with Crippen molar-refractivity contribution in [1.82, 2.24) is 20.4 Å². The number of aliphatic imine (C=N–C) groups is 1. The first kappa shape index (κ1) is 25.4. The molecule has 1 aromatic carbocycles. The normalized spacial score (nSPS) is 19.2. The van der Waals surface area contributed by atoms with Crippen LogP contribution < -0.4 is 10.6 Å². The number of piperidine rings is 1. The second-order valence-electron chi connectivity index (χ2n) is 8.80. The number of morpholine rings is 1. The molecule has 2 aliphatic heterocycles. The summed E-state index contributed by atoms with van der Waals surface area (Å²) in [6, 6.07) is 8.71. The lowest BCUT2D eigenvalue weighted by Gasteiger charge is -2.41. The lowest BCUT2D eigenvalue weighted by atomic mass is 9.98. The van der Waals surface area contributed by atoms with Crippen LogP contribution in [0.1, 0.15) is 44.2 Å². The van der Waals surface area contributed by atoms with Gasteiger partial charge in [-0.1, -0.05) is 30.7 Å². The van der Waals surface area contributed by atoms with Gasteiger partial charge >= 0.3 is 0 Å². The molecule has 0 radical (unpaired) electrons. The quantitative estimate of drug-likeness (QED) is 0.323. The third-order valence-corrected chi connectivity index (χ3v) is 6.19. The molecule has 0 atom stereocenters. The zero-order valence-electron chi connectivity index (χ0n) is 19.0. The molecule has 0 saturated carbocycles. The van der Waals surface area contributed by atoms with Crippen LogP contribution in [-0.2, 0) is 17.8 Å². The maximum Gasteiger partial charge on any atom is 0.191 e. The van der Waals surface area contributed by atoms with Crippen molar-refractivity contribution in [3.63, 3.8) is 0 Å². The Kier molecular flexibility index (Phi) is 10.8. The lowest BCUT2D eigenvalue weighted by Crippen LogP contribution is -2.54. The molecule has 170 valence electrons. The molecule has 0 bridgehead atoms. The van der Waals surface area contributed by atoms with Crippen molar-refractivity contribution < 1.29 is 4.74 Å². The van der Waals surface area contributed by atoms with E-state index in [1.54, 1.807) is 0 Å². The number of ether oxygens (including phenoxy) is 1. The van der Waals surface area contributed by atoms with Gasteiger partial charge < -0.3 is 15.4 Å². The van der Waals surface area contributed by atoms with E-state index in [1.165, 1.54) is 43.5 Å². The number of guanidine groups is 1. The summed E-state index contributed by atoms with van der Waals surface area (Å²) in [7, 11) is 1.85. The maximum absolute atomic E-state index is 5.48. The van der Waals surface area contributed by atoms with Crippen molar-refractivity contribution in [1.29, 1.82) is 0 Å². The molecule has 0 amide bonds. The molecule has 0 spiro atoms. The van der Waals surface area contributed by atoms with Crippen LogP contribution in [0, 0.1) is 0 Å². The van der Waals surface area contributed by atoms with Gasteiger partial charge in [-0.2, -0.15) is 0 Å². The molecule has 1 aromatic rings. The molecule has 6 nitrogen and oxygen atoms in total. The third-order valence-electron chi connectivity index (χ3n) is 6.19. The fraction of sp³-hybridized carbons (Fsp3) is 0.696. The van der Waals surface area contributed by atoms with Crippen molar-refractivity contribution >= 4 is 29.9 Å². The number of hydrogen-bond acceptors (Lipinski definition) is 4. The summed E-state index contributed by atoms with van der Waals surface area (Å²) in [5.74, 6) is 0.872. The van der Waals surface area contributed by atoms with E-state index >= 15 is 0 Å². The summed E-state index contributed by atoms with van der Waals surface area (Å²) in [6.45, 7) is 13.4. The molecule has 0 unspecified atom stereocenters. The smallest absolute Gasteiger partial charge is 0.191 e. The van der Waals surface area contributed by atoms with Crippen molar-refractivity contribution in [2.45, 2.75) is 51.7 Å². The van der Waals surface area contributed by atoms with E-state index in [9.17, 15) is 0 Å². The SMILES string of the molecule is CN=C(NCc1ccccc1CN1CCOCC1)NCC(C)(C)N1CCCCC1.I. The van der Waals surface area contributed by atoms with E-state index in [4.69, 9.17) is 4.74 Å². The van der Waals surface area contributed by atoms with Crippen LogP contribution in [0.25, 0.3) is 0 Å². The van der Waals surface area contributed by atoms with Crippen molar-refractivity contribution in [3.8, 4) is 0 Å². The third kappa shape index (κ3) is 7.66. The van der Waals surface area contributed by atoms with E-state index in [1.807, 2.05) is 7.05 Å². The van der Waals surface area contributed by atoms with E-state index in [-0.39, 0.29) is 29.5 Å². The molecule has 2 heterocycles. The predicted molar refractivity (Wildman–Crippen MR) is 136 cm³/mol. The summed E-state index contributed by atoms with van der Waals surface area (Å²) in [5.41, 5.74) is 2.84. The second kappa shape index (κ2) is 12.8. The average molecular weight is 530 g/mol. The summed E-state index contributed by atoms with van der Waals surface area (Å²) in [6.07, 6.45) is 4.00. The van der Waals surface area contributed by atoms with Gasteiger partial charge in [0.05, 0.1) is 13.2 Å². The fourth-order valence-electron chi connectivity index (χ4n) is 4.20. The number of hydrogen-bond donors (Lipinski definition) is 2. The molecular weight excluding hydrogens is 489 g/mol. The highest BCUT2D eigenvalue weighted by Gasteiger charge is 2.27. The number of nitrogens with one attached hydrogen (secondary N) is 2. The van der Waals surface area contributed by atoms with Gasteiger partial charge in [0.2, 0.25) is 0 Å². The van der Waals surface area contributed by atoms with Crippen molar-refractivity contribution in [2.75, 3.05) is 53.0 Å². The van der Waals surface area contributed by atoms with Gasteiger partial charge in [-0.05, 0) is 50.9 Å². The molecule has 3 rings (SSSR count). The van der Waals surface area contributed by atoms with Crippen LogP contribution >= 0.6 is 24.0 Å². The minimum absolute atomic E-state index is 0. The molecule has 2 saturated heterocycles. The first-order valence-electron chi connectivity index (χ1n) is 11.1. The molecule has 2 N–H and O–H groups in total. The number of likely N-dealkylation sites (tertiary alicyclic amines) is 1. The Morgan fingerprint density at radius 3 is 2.33 bits per heavy atom. The Hall–Kier alpha value is -0.900. The Labute approximate surface area is 199 Å². The van der Waals surface area contributed by atoms with E-state index in [0.29, 0.717) is 0 Å². The molecule has 30 heavy (non-hydrogen) atoms. The molecule has 2 fully saturated rings. The molecular formula is C23H40IN5O. The highest BCUT2D eigenvalue weighted by molar-refractivity contribution is 14.0. The fourth-order valence-corrected chi connectivity index (χ4v) is 4.20. The van der Waals surface area contributed by atoms with Gasteiger partial charge in [0, 0.05) is 45.3 Å². The highest BCUT2D eigenvalue weighted by Crippen LogP contribution is 2.19. The zero-order chi connectivity index (χ0) is 20.5. The first-order chi connectivity index (χ1) is 14.1. The maximum atomic E-state index is 5.48. The van der Waals surface area contributed by atoms with Gasteiger partial charge in [0.25, 0.3) is 0 Å². The van der Waals surface area contributed by atoms with Crippen LogP contribution in [0.4, 0.5) is 0 Å². The number of rotatable bonds is 7. The van der Waals surface area contributed by atoms with Crippen molar-refractivity contribution in [2.24, 2.45) is 4.99 Å². The van der Waals surface area contributed by atoms with Crippen LogP contribution in [0.5, 0.6) is 0 Å². The topological polar surface area (TPSA) is 52.1 Å². The van der Waals surface area contributed by atoms with Crippen LogP contribution in [0.3, 0.4) is 0 Å². The zero-order valence-corrected chi connectivity index (χ0v) is 21.3. The summed E-state index contributed by atoms with van der Waals surface area (Å²) in [5, 5.41) is 7.06. The number of halogens is 1. The monoisotopic (exact) mass is 529 g/mol. The largest absolute Gasteiger partial charge is 0.379 e. The lowest BCUT2D eigenvalue weighted by molar-refractivity contribution is 0.0341. The summed E-state index contributed by atoms with van der Waals surface area (Å²) < 4.78 is 5.48. The van der Waals surface area contributed by atoms with Crippen LogP contribution in [0.2, 0.25) is 0 Å². The van der Waals surface area contributed by atoms with Gasteiger partial charge in [0.1, 0.15) is 0 Å². The van der Waals surface area contributed by atoms with Gasteiger partial charge in [0.15, 0.2) is 5.96 Å². The molecule has 2 aliphatic rings. The number of nitrogens with zero attached hydrogens (tertiary/aromatic N) is 3. The second-order valence-corrected chi connectivity index (χ2v) is 8.80. The van der Waals surface area contributed by atoms with Crippen LogP contribution in [-0.4, -0.2) is 74.3 Å². The molecule has 7 heteroatoms. The first-order valence-corrected chi connectivity index (χ1v) is 11.1. The van der Waals surface area contributed by atoms with Gasteiger partial charge in [-0.3, -0.25) is 14.8 Å². The minimum Gasteiger partial charge on any atom is -0.379 e. The Bertz CT molecular complexity index is 655. The average Bonchev–Trinajstić information content (AvgIpc) is 2.76. The Balaban J connectivity index is 0.00000320. The summed E-state index contributed by atoms with van der Waals surface area (Å²) in [4.78, 5) is 9.52. The minimum atomic E-state index is 0. The predicted octanol–water partition coefficient (Wildman–Crippen LogP) is 3.07. The molecule has 0 aromatic heterocycles. The van der Waals surface area contributed by atoms with Crippen LogP contribution in [0.15, 0.2) is 29.3 Å². The van der Waals surface area contributed by atoms with Crippen molar-refractivity contribution in [3.05, 3.63) is 35.4 Å².